The van der Waals surface area contributed by atoms with Gasteiger partial charge in [0, 0.05) is 0 Å². The topological polar surface area (TPSA) is 77.8 Å². The molecule has 3 rings (SSSR count). The second-order valence-electron chi connectivity index (χ2n) is 5.15. The minimum absolute atomic E-state index is 0.325. The number of hydrogen-bond donors (Lipinski definition) is 2. The first-order valence-electron chi connectivity index (χ1n) is 7.45. The second-order valence-corrected chi connectivity index (χ2v) is 5.56. The first-order valence-corrected chi connectivity index (χ1v) is 7.83. The van der Waals surface area contributed by atoms with Crippen molar-refractivity contribution in [2.45, 2.75) is 0 Å². The fraction of sp³-hybridized carbons (Fsp3) is 0. The lowest BCUT2D eigenvalue weighted by Crippen LogP contribution is -2.13. The number of nitrogens with zero attached hydrogens (tertiary/aromatic N) is 2. The summed E-state index contributed by atoms with van der Waals surface area (Å²) in [5, 5.41) is 15.3. The number of para-hydroxylation sites is 1. The Morgan fingerprint density at radius 1 is 1.04 bits per heavy atom. The molecule has 1 heterocycles. The number of amides is 1. The lowest BCUT2D eigenvalue weighted by molar-refractivity contribution is 0.102. The number of anilines is 3. The number of rotatable bonds is 4. The highest BCUT2D eigenvalue weighted by Crippen LogP contribution is 2.21. The summed E-state index contributed by atoms with van der Waals surface area (Å²) in [6.45, 7) is 0. The molecule has 0 aliphatic heterocycles. The minimum Gasteiger partial charge on any atom is -0.353 e. The predicted molar refractivity (Wildman–Crippen MR) is 98.1 cm³/mol. The van der Waals surface area contributed by atoms with Crippen molar-refractivity contribution in [3.8, 4) is 6.07 Å². The van der Waals surface area contributed by atoms with Crippen molar-refractivity contribution in [2.75, 3.05) is 10.6 Å². The first kappa shape index (κ1) is 16.5. The molecule has 1 amide bonds. The van der Waals surface area contributed by atoms with Crippen LogP contribution in [0.25, 0.3) is 0 Å². The van der Waals surface area contributed by atoms with Crippen LogP contribution in [0.2, 0.25) is 5.02 Å². The number of aromatic nitrogens is 1. The van der Waals surface area contributed by atoms with Crippen LogP contribution >= 0.6 is 11.6 Å². The van der Waals surface area contributed by atoms with E-state index >= 15 is 0 Å². The molecule has 1 aromatic heterocycles. The van der Waals surface area contributed by atoms with Crippen LogP contribution in [0, 0.1) is 11.3 Å². The Bertz CT molecular complexity index is 948. The average Bonchev–Trinajstić information content (AvgIpc) is 2.64. The summed E-state index contributed by atoms with van der Waals surface area (Å²) in [6.07, 6.45) is 1.58. The fourth-order valence-corrected chi connectivity index (χ4v) is 2.44. The van der Waals surface area contributed by atoms with E-state index in [9.17, 15) is 4.79 Å². The van der Waals surface area contributed by atoms with Gasteiger partial charge in [-0.3, -0.25) is 4.79 Å². The molecule has 0 saturated heterocycles. The third-order valence-electron chi connectivity index (χ3n) is 3.45. The summed E-state index contributed by atoms with van der Waals surface area (Å²) in [5.74, 6) is 0.0812. The van der Waals surface area contributed by atoms with E-state index in [0.29, 0.717) is 33.3 Å². The van der Waals surface area contributed by atoms with Crippen molar-refractivity contribution in [2.24, 2.45) is 0 Å². The molecule has 0 unspecified atom stereocenters. The Morgan fingerprint density at radius 3 is 2.52 bits per heavy atom. The van der Waals surface area contributed by atoms with Crippen LogP contribution in [0.4, 0.5) is 17.2 Å². The summed E-state index contributed by atoms with van der Waals surface area (Å²) >= 11 is 6.01. The normalized spacial score (nSPS) is 9.92. The Labute approximate surface area is 149 Å². The van der Waals surface area contributed by atoms with Gasteiger partial charge in [0.05, 0.1) is 33.7 Å². The molecule has 0 aliphatic rings. The van der Waals surface area contributed by atoms with Crippen LogP contribution in [0.3, 0.4) is 0 Å². The lowest BCUT2D eigenvalue weighted by Gasteiger charge is -2.09. The van der Waals surface area contributed by atoms with Crippen LogP contribution < -0.4 is 10.6 Å². The van der Waals surface area contributed by atoms with Crippen LogP contribution in [0.15, 0.2) is 66.9 Å². The molecule has 6 heteroatoms. The van der Waals surface area contributed by atoms with Crippen LogP contribution in [-0.2, 0) is 0 Å². The van der Waals surface area contributed by atoms with Crippen molar-refractivity contribution < 1.29 is 4.79 Å². The molecule has 2 aromatic carbocycles. The van der Waals surface area contributed by atoms with Crippen molar-refractivity contribution >= 4 is 34.7 Å². The Kier molecular flexibility index (Phi) is 4.93. The molecule has 2 N–H and O–H groups in total. The predicted octanol–water partition coefficient (Wildman–Crippen LogP) is 4.60. The van der Waals surface area contributed by atoms with Gasteiger partial charge in [-0.05, 0) is 36.4 Å². The van der Waals surface area contributed by atoms with Gasteiger partial charge in [-0.2, -0.15) is 5.26 Å². The Morgan fingerprint density at radius 2 is 1.80 bits per heavy atom. The van der Waals surface area contributed by atoms with Gasteiger partial charge in [-0.1, -0.05) is 35.9 Å². The van der Waals surface area contributed by atoms with Gasteiger partial charge in [-0.15, -0.1) is 0 Å². The third kappa shape index (κ3) is 3.94. The minimum atomic E-state index is -0.325. The molecule has 0 bridgehead atoms. The van der Waals surface area contributed by atoms with Crippen LogP contribution in [-0.4, -0.2) is 10.9 Å². The molecule has 0 fully saturated rings. The Hall–Kier alpha value is -3.36. The van der Waals surface area contributed by atoms with Crippen molar-refractivity contribution in [1.29, 1.82) is 5.26 Å². The zero-order valence-corrected chi connectivity index (χ0v) is 13.8. The van der Waals surface area contributed by atoms with Crippen molar-refractivity contribution in [3.63, 3.8) is 0 Å². The van der Waals surface area contributed by atoms with E-state index in [2.05, 4.69) is 21.7 Å². The van der Waals surface area contributed by atoms with Gasteiger partial charge in [-0.25, -0.2) is 4.98 Å². The standard InChI is InChI=1S/C19H13ClN4O/c20-16-7-3-2-6-15(16)19(25)24-18-10-9-14(12-22-18)23-17-8-4-1-5-13(17)11-21/h1-10,12,23H,(H,22,24,25). The largest absolute Gasteiger partial charge is 0.353 e. The molecule has 0 spiro atoms. The van der Waals surface area contributed by atoms with E-state index in [1.54, 1.807) is 54.7 Å². The fourth-order valence-electron chi connectivity index (χ4n) is 2.22. The second kappa shape index (κ2) is 7.47. The molecule has 0 aliphatic carbocycles. The zero-order chi connectivity index (χ0) is 17.6. The molecule has 5 nitrogen and oxygen atoms in total. The van der Waals surface area contributed by atoms with Crippen molar-refractivity contribution in [3.05, 3.63) is 83.0 Å². The molecule has 3 aromatic rings. The van der Waals surface area contributed by atoms with Crippen molar-refractivity contribution in [1.82, 2.24) is 4.98 Å². The quantitative estimate of drug-likeness (QED) is 0.722. The van der Waals surface area contributed by atoms with E-state index in [1.165, 1.54) is 0 Å². The highest BCUT2D eigenvalue weighted by atomic mass is 35.5. The lowest BCUT2D eigenvalue weighted by atomic mass is 10.2. The summed E-state index contributed by atoms with van der Waals surface area (Å²) in [4.78, 5) is 16.4. The smallest absolute Gasteiger partial charge is 0.258 e. The highest BCUT2D eigenvalue weighted by Gasteiger charge is 2.10. The number of nitrogens with one attached hydrogen (secondary N) is 2. The third-order valence-corrected chi connectivity index (χ3v) is 3.78. The first-order chi connectivity index (χ1) is 12.2. The van der Waals surface area contributed by atoms with Gasteiger partial charge in [0.15, 0.2) is 0 Å². The molecular weight excluding hydrogens is 336 g/mol. The maximum Gasteiger partial charge on any atom is 0.258 e. The summed E-state index contributed by atoms with van der Waals surface area (Å²) in [5.41, 5.74) is 2.33. The van der Waals surface area contributed by atoms with E-state index < -0.39 is 0 Å². The molecule has 122 valence electrons. The number of carbonyl (C=O) groups is 1. The number of halogens is 1. The highest BCUT2D eigenvalue weighted by molar-refractivity contribution is 6.34. The summed E-state index contributed by atoms with van der Waals surface area (Å²) in [7, 11) is 0. The number of hydrogen-bond acceptors (Lipinski definition) is 4. The van der Waals surface area contributed by atoms with E-state index in [0.717, 1.165) is 0 Å². The molecule has 0 atom stereocenters. The van der Waals surface area contributed by atoms with Crippen LogP contribution in [0.1, 0.15) is 15.9 Å². The van der Waals surface area contributed by atoms with E-state index in [-0.39, 0.29) is 5.91 Å². The molecule has 0 saturated carbocycles. The molecule has 0 radical (unpaired) electrons. The number of carbonyl (C=O) groups excluding carboxylic acids is 1. The number of benzene rings is 2. The SMILES string of the molecule is N#Cc1ccccc1Nc1ccc(NC(=O)c2ccccc2Cl)nc1. The molecular formula is C19H13ClN4O. The maximum atomic E-state index is 12.2. The number of pyridine rings is 1. The van der Waals surface area contributed by atoms with Gasteiger partial charge in [0.25, 0.3) is 5.91 Å². The van der Waals surface area contributed by atoms with Gasteiger partial charge in [0.1, 0.15) is 11.9 Å². The number of nitriles is 1. The van der Waals surface area contributed by atoms with Gasteiger partial charge < -0.3 is 10.6 Å². The molecule has 25 heavy (non-hydrogen) atoms. The Balaban J connectivity index is 1.72. The van der Waals surface area contributed by atoms with Gasteiger partial charge in [0.2, 0.25) is 0 Å². The van der Waals surface area contributed by atoms with Crippen LogP contribution in [0.5, 0.6) is 0 Å². The maximum absolute atomic E-state index is 12.2. The monoisotopic (exact) mass is 348 g/mol. The van der Waals surface area contributed by atoms with E-state index in [4.69, 9.17) is 16.9 Å². The summed E-state index contributed by atoms with van der Waals surface area (Å²) in [6, 6.07) is 19.6. The van der Waals surface area contributed by atoms with Gasteiger partial charge >= 0.3 is 0 Å². The van der Waals surface area contributed by atoms with E-state index in [1.807, 2.05) is 12.1 Å². The summed E-state index contributed by atoms with van der Waals surface area (Å²) < 4.78 is 0. The zero-order valence-electron chi connectivity index (χ0n) is 13.0. The average molecular weight is 349 g/mol.